The smallest absolute Gasteiger partial charge is 0.348 e. The summed E-state index contributed by atoms with van der Waals surface area (Å²) in [6.07, 6.45) is 1.76. The molecule has 0 spiro atoms. The highest BCUT2D eigenvalue weighted by Crippen LogP contribution is 2.27. The number of esters is 2. The zero-order valence-electron chi connectivity index (χ0n) is 15.2. The predicted octanol–water partition coefficient (Wildman–Crippen LogP) is 1.91. The summed E-state index contributed by atoms with van der Waals surface area (Å²) in [7, 11) is 1.51. The topological polar surface area (TPSA) is 96.7 Å². The molecule has 26 heavy (non-hydrogen) atoms. The Morgan fingerprint density at radius 3 is 2.73 bits per heavy atom. The van der Waals surface area contributed by atoms with Crippen LogP contribution in [0.3, 0.4) is 0 Å². The number of aromatic nitrogens is 2. The summed E-state index contributed by atoms with van der Waals surface area (Å²) in [6, 6.07) is 0. The van der Waals surface area contributed by atoms with Gasteiger partial charge in [0.05, 0.1) is 24.4 Å². The van der Waals surface area contributed by atoms with E-state index in [0.29, 0.717) is 33.7 Å². The summed E-state index contributed by atoms with van der Waals surface area (Å²) in [5, 5.41) is 0.313. The van der Waals surface area contributed by atoms with Crippen molar-refractivity contribution in [1.29, 1.82) is 0 Å². The van der Waals surface area contributed by atoms with Crippen LogP contribution in [0.5, 0.6) is 0 Å². The number of methoxy groups -OCH3 is 1. The number of carbonyl (C=O) groups is 2. The minimum atomic E-state index is -0.523. The predicted molar refractivity (Wildman–Crippen MR) is 96.6 cm³/mol. The fourth-order valence-corrected chi connectivity index (χ4v) is 3.27. The minimum absolute atomic E-state index is 0.127. The Kier molecular flexibility index (Phi) is 6.87. The van der Waals surface area contributed by atoms with E-state index in [1.165, 1.54) is 18.0 Å². The van der Waals surface area contributed by atoms with E-state index >= 15 is 0 Å². The number of hydrogen-bond donors (Lipinski definition) is 0. The second kappa shape index (κ2) is 8.91. The SMILES string of the molecule is CC[C@@H](C)OC(=O)Cn1cnc2sc(C(=O)OCCOC)c(C)c2c1=O. The van der Waals surface area contributed by atoms with E-state index in [1.54, 1.807) is 13.8 Å². The molecule has 0 radical (unpaired) electrons. The standard InChI is InChI=1S/C17H22N2O6S/c1-5-10(2)25-12(20)8-19-9-18-15-13(16(19)21)11(3)14(26-15)17(22)24-7-6-23-4/h9-10H,5-8H2,1-4H3/t10-/m1/s1. The van der Waals surface area contributed by atoms with Crippen LogP contribution in [0.4, 0.5) is 0 Å². The molecule has 0 N–H and O–H groups in total. The summed E-state index contributed by atoms with van der Waals surface area (Å²) in [4.78, 5) is 41.7. The van der Waals surface area contributed by atoms with Gasteiger partial charge in [-0.25, -0.2) is 9.78 Å². The fourth-order valence-electron chi connectivity index (χ4n) is 2.23. The maximum atomic E-state index is 12.7. The number of hydrogen-bond acceptors (Lipinski definition) is 8. The first-order valence-corrected chi connectivity index (χ1v) is 9.04. The lowest BCUT2D eigenvalue weighted by molar-refractivity contribution is -0.149. The van der Waals surface area contributed by atoms with Crippen LogP contribution in [0.1, 0.15) is 35.5 Å². The van der Waals surface area contributed by atoms with Crippen LogP contribution in [-0.2, 0) is 25.5 Å². The Morgan fingerprint density at radius 1 is 1.35 bits per heavy atom. The Hall–Kier alpha value is -2.26. The molecule has 142 valence electrons. The molecule has 0 saturated carbocycles. The quantitative estimate of drug-likeness (QED) is 0.508. The summed E-state index contributed by atoms with van der Waals surface area (Å²) in [6.45, 7) is 5.54. The van der Waals surface area contributed by atoms with Crippen molar-refractivity contribution < 1.29 is 23.8 Å². The highest BCUT2D eigenvalue weighted by atomic mass is 32.1. The first-order valence-electron chi connectivity index (χ1n) is 8.23. The Bertz CT molecular complexity index is 857. The summed E-state index contributed by atoms with van der Waals surface area (Å²) < 4.78 is 16.3. The van der Waals surface area contributed by atoms with Gasteiger partial charge in [-0.05, 0) is 25.8 Å². The molecule has 0 bridgehead atoms. The normalized spacial score (nSPS) is 12.2. The second-order valence-corrected chi connectivity index (χ2v) is 6.75. The van der Waals surface area contributed by atoms with Gasteiger partial charge in [-0.3, -0.25) is 14.2 Å². The highest BCUT2D eigenvalue weighted by Gasteiger charge is 2.21. The number of nitrogens with zero attached hydrogens (tertiary/aromatic N) is 2. The van der Waals surface area contributed by atoms with Gasteiger partial charge in [0.25, 0.3) is 5.56 Å². The van der Waals surface area contributed by atoms with Crippen molar-refractivity contribution in [3.8, 4) is 0 Å². The molecule has 2 rings (SSSR count). The van der Waals surface area contributed by atoms with E-state index in [-0.39, 0.29) is 24.8 Å². The van der Waals surface area contributed by atoms with Crippen LogP contribution in [0.2, 0.25) is 0 Å². The van der Waals surface area contributed by atoms with Crippen molar-refractivity contribution in [1.82, 2.24) is 9.55 Å². The molecular weight excluding hydrogens is 360 g/mol. The van der Waals surface area contributed by atoms with Crippen LogP contribution in [0.15, 0.2) is 11.1 Å². The fraction of sp³-hybridized carbons (Fsp3) is 0.529. The van der Waals surface area contributed by atoms with E-state index in [9.17, 15) is 14.4 Å². The zero-order valence-corrected chi connectivity index (χ0v) is 16.1. The number of aryl methyl sites for hydroxylation is 1. The molecule has 2 aromatic heterocycles. The van der Waals surface area contributed by atoms with Crippen LogP contribution in [-0.4, -0.2) is 47.9 Å². The molecule has 2 aromatic rings. The first kappa shape index (κ1) is 20.1. The van der Waals surface area contributed by atoms with Crippen molar-refractivity contribution >= 4 is 33.5 Å². The van der Waals surface area contributed by atoms with E-state index in [0.717, 1.165) is 11.3 Å². The number of carbonyl (C=O) groups excluding carboxylic acids is 2. The lowest BCUT2D eigenvalue weighted by Gasteiger charge is -2.11. The van der Waals surface area contributed by atoms with E-state index < -0.39 is 11.9 Å². The van der Waals surface area contributed by atoms with Gasteiger partial charge in [0.2, 0.25) is 0 Å². The lowest BCUT2D eigenvalue weighted by Crippen LogP contribution is -2.27. The van der Waals surface area contributed by atoms with Gasteiger partial charge in [-0.2, -0.15) is 0 Å². The lowest BCUT2D eigenvalue weighted by atomic mass is 10.2. The molecule has 0 unspecified atom stereocenters. The molecule has 0 aromatic carbocycles. The molecule has 0 amide bonds. The van der Waals surface area contributed by atoms with Crippen LogP contribution in [0.25, 0.3) is 10.2 Å². The molecular formula is C17H22N2O6S. The van der Waals surface area contributed by atoms with Gasteiger partial charge in [0.15, 0.2) is 0 Å². The van der Waals surface area contributed by atoms with Gasteiger partial charge >= 0.3 is 11.9 Å². The van der Waals surface area contributed by atoms with Crippen molar-refractivity contribution in [2.75, 3.05) is 20.3 Å². The van der Waals surface area contributed by atoms with Crippen molar-refractivity contribution in [3.63, 3.8) is 0 Å². The largest absolute Gasteiger partial charge is 0.461 e. The maximum absolute atomic E-state index is 12.7. The third-order valence-electron chi connectivity index (χ3n) is 3.83. The van der Waals surface area contributed by atoms with Crippen molar-refractivity contribution in [3.05, 3.63) is 27.1 Å². The molecule has 2 heterocycles. The number of ether oxygens (including phenoxy) is 3. The number of fused-ring (bicyclic) bond motifs is 1. The van der Waals surface area contributed by atoms with Crippen molar-refractivity contribution in [2.45, 2.75) is 39.8 Å². The van der Waals surface area contributed by atoms with Gasteiger partial charge in [-0.15, -0.1) is 11.3 Å². The summed E-state index contributed by atoms with van der Waals surface area (Å²) >= 11 is 1.09. The summed E-state index contributed by atoms with van der Waals surface area (Å²) in [5.41, 5.74) is 0.107. The Morgan fingerprint density at radius 2 is 2.08 bits per heavy atom. The molecule has 0 aliphatic heterocycles. The van der Waals surface area contributed by atoms with Gasteiger partial charge in [0, 0.05) is 7.11 Å². The van der Waals surface area contributed by atoms with Crippen LogP contribution in [0, 0.1) is 6.92 Å². The van der Waals surface area contributed by atoms with Gasteiger partial charge in [-0.1, -0.05) is 6.92 Å². The van der Waals surface area contributed by atoms with Gasteiger partial charge in [0.1, 0.15) is 22.9 Å². The third kappa shape index (κ3) is 4.47. The second-order valence-electron chi connectivity index (χ2n) is 5.75. The first-order chi connectivity index (χ1) is 12.4. The average Bonchev–Trinajstić information content (AvgIpc) is 2.95. The number of thiophene rings is 1. The molecule has 0 saturated heterocycles. The van der Waals surface area contributed by atoms with E-state index in [4.69, 9.17) is 14.2 Å². The summed E-state index contributed by atoms with van der Waals surface area (Å²) in [5.74, 6) is -1.03. The average molecular weight is 382 g/mol. The molecule has 0 aliphatic carbocycles. The monoisotopic (exact) mass is 382 g/mol. The van der Waals surface area contributed by atoms with Crippen LogP contribution >= 0.6 is 11.3 Å². The molecule has 0 aliphatic rings. The minimum Gasteiger partial charge on any atom is -0.461 e. The maximum Gasteiger partial charge on any atom is 0.348 e. The third-order valence-corrected chi connectivity index (χ3v) is 5.01. The Labute approximate surface area is 154 Å². The molecule has 8 nitrogen and oxygen atoms in total. The highest BCUT2D eigenvalue weighted by molar-refractivity contribution is 7.20. The van der Waals surface area contributed by atoms with E-state index in [2.05, 4.69) is 4.98 Å². The molecule has 9 heteroatoms. The van der Waals surface area contributed by atoms with Gasteiger partial charge < -0.3 is 14.2 Å². The number of rotatable bonds is 8. The van der Waals surface area contributed by atoms with Crippen LogP contribution < -0.4 is 5.56 Å². The van der Waals surface area contributed by atoms with Crippen molar-refractivity contribution in [2.24, 2.45) is 0 Å². The van der Waals surface area contributed by atoms with E-state index in [1.807, 2.05) is 6.92 Å². The zero-order chi connectivity index (χ0) is 19.3. The Balaban J connectivity index is 2.28. The molecule has 1 atom stereocenters. The molecule has 0 fully saturated rings.